The van der Waals surface area contributed by atoms with Crippen molar-refractivity contribution in [2.75, 3.05) is 12.4 Å². The second-order valence-corrected chi connectivity index (χ2v) is 4.48. The summed E-state index contributed by atoms with van der Waals surface area (Å²) in [5.41, 5.74) is 2.91. The quantitative estimate of drug-likeness (QED) is 0.883. The molecule has 2 N–H and O–H groups in total. The maximum absolute atomic E-state index is 10.0. The van der Waals surface area contributed by atoms with Crippen LogP contribution in [0, 0.1) is 6.92 Å². The zero-order valence-electron chi connectivity index (χ0n) is 11.3. The first-order valence-corrected chi connectivity index (χ1v) is 6.16. The Kier molecular flexibility index (Phi) is 3.90. The largest absolute Gasteiger partial charge is 0.507 e. The molecule has 100 valence electrons. The van der Waals surface area contributed by atoms with E-state index in [1.54, 1.807) is 25.6 Å². The zero-order valence-corrected chi connectivity index (χ0v) is 11.3. The number of hydrogen-bond donors (Lipinski definition) is 2. The third kappa shape index (κ3) is 2.96. The number of anilines is 1. The van der Waals surface area contributed by atoms with Crippen molar-refractivity contribution in [1.82, 2.24) is 4.98 Å². The molecule has 0 saturated carbocycles. The summed E-state index contributed by atoms with van der Waals surface area (Å²) in [6.07, 6.45) is 3.54. The molecule has 0 aliphatic heterocycles. The molecule has 2 rings (SSSR count). The average Bonchev–Trinajstić information content (AvgIpc) is 2.41. The summed E-state index contributed by atoms with van der Waals surface area (Å²) >= 11 is 0. The van der Waals surface area contributed by atoms with Crippen molar-refractivity contribution in [3.8, 4) is 11.5 Å². The van der Waals surface area contributed by atoms with Crippen LogP contribution in [0.15, 0.2) is 36.7 Å². The summed E-state index contributed by atoms with van der Waals surface area (Å²) < 4.78 is 5.08. The van der Waals surface area contributed by atoms with Crippen LogP contribution in [0.5, 0.6) is 11.5 Å². The molecular formula is C15H18N2O2. The van der Waals surface area contributed by atoms with Crippen molar-refractivity contribution in [1.29, 1.82) is 0 Å². The first-order valence-electron chi connectivity index (χ1n) is 6.16. The van der Waals surface area contributed by atoms with Crippen molar-refractivity contribution in [3.63, 3.8) is 0 Å². The third-order valence-electron chi connectivity index (χ3n) is 3.12. The molecule has 0 saturated heterocycles. The molecule has 1 unspecified atom stereocenters. The molecule has 0 bridgehead atoms. The monoisotopic (exact) mass is 258 g/mol. The van der Waals surface area contributed by atoms with Gasteiger partial charge in [0, 0.05) is 17.8 Å². The number of phenols is 1. The summed E-state index contributed by atoms with van der Waals surface area (Å²) in [5.74, 6) is 0.868. The zero-order chi connectivity index (χ0) is 13.8. The van der Waals surface area contributed by atoms with Crippen LogP contribution in [0.4, 0.5) is 5.69 Å². The fraction of sp³-hybridized carbons (Fsp3) is 0.267. The molecule has 0 spiro atoms. The van der Waals surface area contributed by atoms with Crippen molar-refractivity contribution in [2.45, 2.75) is 19.9 Å². The molecule has 1 aromatic carbocycles. The minimum atomic E-state index is -0.0196. The lowest BCUT2D eigenvalue weighted by Gasteiger charge is -2.18. The Morgan fingerprint density at radius 3 is 2.74 bits per heavy atom. The van der Waals surface area contributed by atoms with Gasteiger partial charge in [0.1, 0.15) is 11.5 Å². The lowest BCUT2D eigenvalue weighted by atomic mass is 10.1. The van der Waals surface area contributed by atoms with Gasteiger partial charge in [-0.1, -0.05) is 0 Å². The summed E-state index contributed by atoms with van der Waals surface area (Å²) in [6, 6.07) is 7.24. The van der Waals surface area contributed by atoms with Gasteiger partial charge in [0.05, 0.1) is 25.0 Å². The van der Waals surface area contributed by atoms with Crippen LogP contribution in [0.25, 0.3) is 0 Å². The van der Waals surface area contributed by atoms with Crippen LogP contribution < -0.4 is 10.1 Å². The first kappa shape index (κ1) is 13.2. The van der Waals surface area contributed by atoms with E-state index in [0.717, 1.165) is 16.8 Å². The first-order chi connectivity index (χ1) is 9.11. The Labute approximate surface area is 113 Å². The molecule has 0 fully saturated rings. The van der Waals surface area contributed by atoms with Crippen LogP contribution in [0.2, 0.25) is 0 Å². The van der Waals surface area contributed by atoms with Gasteiger partial charge in [0.2, 0.25) is 0 Å². The van der Waals surface area contributed by atoms with Crippen molar-refractivity contribution in [2.24, 2.45) is 0 Å². The van der Waals surface area contributed by atoms with E-state index in [-0.39, 0.29) is 11.8 Å². The molecule has 0 amide bonds. The van der Waals surface area contributed by atoms with Crippen LogP contribution >= 0.6 is 0 Å². The summed E-state index contributed by atoms with van der Waals surface area (Å²) in [4.78, 5) is 4.10. The highest BCUT2D eigenvalue weighted by Crippen LogP contribution is 2.30. The summed E-state index contributed by atoms with van der Waals surface area (Å²) in [7, 11) is 1.58. The Morgan fingerprint density at radius 1 is 1.32 bits per heavy atom. The highest BCUT2D eigenvalue weighted by Gasteiger charge is 2.12. The molecule has 4 nitrogen and oxygen atoms in total. The number of pyridine rings is 1. The molecule has 2 aromatic rings. The van der Waals surface area contributed by atoms with Gasteiger partial charge in [0.15, 0.2) is 0 Å². The number of aromatic nitrogens is 1. The van der Waals surface area contributed by atoms with E-state index < -0.39 is 0 Å². The number of nitrogens with one attached hydrogen (secondary N) is 1. The lowest BCUT2D eigenvalue weighted by molar-refractivity contribution is 0.406. The van der Waals surface area contributed by atoms with Crippen LogP contribution in [-0.4, -0.2) is 17.2 Å². The number of hydrogen-bond acceptors (Lipinski definition) is 4. The number of aryl methyl sites for hydroxylation is 1. The van der Waals surface area contributed by atoms with Crippen molar-refractivity contribution in [3.05, 3.63) is 47.8 Å². The Bertz CT molecular complexity index is 570. The molecule has 0 aliphatic carbocycles. The number of nitrogens with zero attached hydrogens (tertiary/aromatic N) is 1. The van der Waals surface area contributed by atoms with Gasteiger partial charge in [-0.2, -0.15) is 0 Å². The van der Waals surface area contributed by atoms with E-state index >= 15 is 0 Å². The van der Waals surface area contributed by atoms with Gasteiger partial charge in [-0.15, -0.1) is 0 Å². The smallest absolute Gasteiger partial charge is 0.124 e. The summed E-state index contributed by atoms with van der Waals surface area (Å²) in [6.45, 7) is 4.01. The second-order valence-electron chi connectivity index (χ2n) is 4.48. The molecule has 19 heavy (non-hydrogen) atoms. The van der Waals surface area contributed by atoms with Crippen molar-refractivity contribution < 1.29 is 9.84 Å². The molecule has 4 heteroatoms. The molecular weight excluding hydrogens is 240 g/mol. The summed E-state index contributed by atoms with van der Waals surface area (Å²) in [5, 5.41) is 13.3. The normalized spacial score (nSPS) is 11.9. The molecule has 1 aromatic heterocycles. The van der Waals surface area contributed by atoms with Gasteiger partial charge in [-0.25, -0.2) is 0 Å². The standard InChI is InChI=1S/C15H18N2O2/c1-10-6-7-16-9-14(10)17-11(2)13-5-4-12(19-3)8-15(13)18/h4-9,11,17-18H,1-3H3. The molecule has 0 aliphatic rings. The molecule has 1 heterocycles. The van der Waals surface area contributed by atoms with Gasteiger partial charge >= 0.3 is 0 Å². The Balaban J connectivity index is 2.21. The second kappa shape index (κ2) is 5.61. The van der Waals surface area contributed by atoms with E-state index in [0.29, 0.717) is 5.75 Å². The van der Waals surface area contributed by atoms with E-state index in [1.165, 1.54) is 0 Å². The lowest BCUT2D eigenvalue weighted by Crippen LogP contribution is -2.08. The fourth-order valence-corrected chi connectivity index (χ4v) is 1.94. The highest BCUT2D eigenvalue weighted by atomic mass is 16.5. The number of ether oxygens (including phenoxy) is 1. The molecule has 1 atom stereocenters. The molecule has 0 radical (unpaired) electrons. The van der Waals surface area contributed by atoms with E-state index in [2.05, 4.69) is 10.3 Å². The minimum absolute atomic E-state index is 0.0196. The number of benzene rings is 1. The SMILES string of the molecule is COc1ccc(C(C)Nc2cnccc2C)c(O)c1. The number of aromatic hydroxyl groups is 1. The highest BCUT2D eigenvalue weighted by molar-refractivity contribution is 5.51. The minimum Gasteiger partial charge on any atom is -0.507 e. The van der Waals surface area contributed by atoms with Gasteiger partial charge in [0.25, 0.3) is 0 Å². The van der Waals surface area contributed by atoms with E-state index in [4.69, 9.17) is 4.74 Å². The van der Waals surface area contributed by atoms with Crippen LogP contribution in [0.1, 0.15) is 24.1 Å². The topological polar surface area (TPSA) is 54.4 Å². The van der Waals surface area contributed by atoms with Gasteiger partial charge in [-0.05, 0) is 37.6 Å². The fourth-order valence-electron chi connectivity index (χ4n) is 1.94. The van der Waals surface area contributed by atoms with Gasteiger partial charge in [-0.3, -0.25) is 4.98 Å². The Hall–Kier alpha value is -2.23. The third-order valence-corrected chi connectivity index (χ3v) is 3.12. The predicted molar refractivity (Wildman–Crippen MR) is 75.7 cm³/mol. The van der Waals surface area contributed by atoms with Crippen molar-refractivity contribution >= 4 is 5.69 Å². The number of phenolic OH excluding ortho intramolecular Hbond substituents is 1. The van der Waals surface area contributed by atoms with E-state index in [9.17, 15) is 5.11 Å². The van der Waals surface area contributed by atoms with Crippen LogP contribution in [-0.2, 0) is 0 Å². The maximum Gasteiger partial charge on any atom is 0.124 e. The number of rotatable bonds is 4. The van der Waals surface area contributed by atoms with Gasteiger partial charge < -0.3 is 15.2 Å². The van der Waals surface area contributed by atoms with E-state index in [1.807, 2.05) is 32.0 Å². The number of methoxy groups -OCH3 is 1. The average molecular weight is 258 g/mol. The predicted octanol–water partition coefficient (Wildman–Crippen LogP) is 3.28. The van der Waals surface area contributed by atoms with Crippen LogP contribution in [0.3, 0.4) is 0 Å². The Morgan fingerprint density at radius 2 is 2.11 bits per heavy atom. The maximum atomic E-state index is 10.0.